The predicted molar refractivity (Wildman–Crippen MR) is 102 cm³/mol. The lowest BCUT2D eigenvalue weighted by molar-refractivity contribution is 0.149. The molecule has 7 nitrogen and oxygen atoms in total. The Hall–Kier alpha value is -3.31. The number of benzene rings is 1. The van der Waals surface area contributed by atoms with E-state index in [-0.39, 0.29) is 34.8 Å². The van der Waals surface area contributed by atoms with Crippen molar-refractivity contribution in [2.75, 3.05) is 0 Å². The van der Waals surface area contributed by atoms with Gasteiger partial charge in [0, 0.05) is 18.2 Å². The van der Waals surface area contributed by atoms with Crippen molar-refractivity contribution < 1.29 is 22.7 Å². The van der Waals surface area contributed by atoms with Crippen molar-refractivity contribution in [1.29, 1.82) is 0 Å². The maximum Gasteiger partial charge on any atom is 0.272 e. The molecule has 0 saturated carbocycles. The molecule has 12 heteroatoms. The molecular formula is C19H12ClF4N5O2. The number of aliphatic hydroxyl groups excluding tert-OH is 1. The van der Waals surface area contributed by atoms with Crippen LogP contribution in [0.4, 0.5) is 17.6 Å². The van der Waals surface area contributed by atoms with Crippen molar-refractivity contribution in [2.45, 2.75) is 19.5 Å². The van der Waals surface area contributed by atoms with Gasteiger partial charge in [0.2, 0.25) is 5.95 Å². The molecule has 0 bridgehead atoms. The fraction of sp³-hybridized carbons (Fsp3) is 0.158. The first-order valence-corrected chi connectivity index (χ1v) is 9.15. The molecule has 0 aliphatic carbocycles. The second-order valence-electron chi connectivity index (χ2n) is 6.53. The predicted octanol–water partition coefficient (Wildman–Crippen LogP) is 3.43. The number of fused-ring (bicyclic) bond motifs is 1. The van der Waals surface area contributed by atoms with Crippen LogP contribution in [-0.4, -0.2) is 29.4 Å². The van der Waals surface area contributed by atoms with Crippen LogP contribution in [0.5, 0.6) is 0 Å². The van der Waals surface area contributed by atoms with Crippen LogP contribution in [0, 0.1) is 11.8 Å². The second-order valence-corrected chi connectivity index (χ2v) is 6.89. The van der Waals surface area contributed by atoms with E-state index in [9.17, 15) is 22.4 Å². The first-order valence-electron chi connectivity index (χ1n) is 8.77. The summed E-state index contributed by atoms with van der Waals surface area (Å²) in [5.41, 5.74) is -1.30. The molecule has 0 aliphatic heterocycles. The van der Waals surface area contributed by atoms with Gasteiger partial charge in [0.15, 0.2) is 11.5 Å². The van der Waals surface area contributed by atoms with Crippen LogP contribution in [0.15, 0.2) is 35.4 Å². The fourth-order valence-electron chi connectivity index (χ4n) is 3.04. The lowest BCUT2D eigenvalue weighted by Gasteiger charge is -2.10. The summed E-state index contributed by atoms with van der Waals surface area (Å²) < 4.78 is 55.2. The minimum atomic E-state index is -3.13. The number of aliphatic hydroxyl groups is 1. The zero-order valence-electron chi connectivity index (χ0n) is 15.4. The number of aromatic nitrogens is 5. The third kappa shape index (κ3) is 3.89. The van der Waals surface area contributed by atoms with E-state index in [1.54, 1.807) is 6.07 Å². The smallest absolute Gasteiger partial charge is 0.272 e. The third-order valence-corrected chi connectivity index (χ3v) is 4.83. The Morgan fingerprint density at radius 1 is 1.23 bits per heavy atom. The van der Waals surface area contributed by atoms with Gasteiger partial charge in [-0.05, 0) is 11.6 Å². The summed E-state index contributed by atoms with van der Waals surface area (Å²) in [7, 11) is 0. The topological polar surface area (TPSA) is 96.2 Å². The third-order valence-electron chi connectivity index (χ3n) is 4.55. The molecule has 0 radical (unpaired) electrons. The number of H-pyrrole nitrogens is 1. The molecular weight excluding hydrogens is 442 g/mol. The summed E-state index contributed by atoms with van der Waals surface area (Å²) in [4.78, 5) is 26.2. The first kappa shape index (κ1) is 20.9. The summed E-state index contributed by atoms with van der Waals surface area (Å²) in [6.45, 7) is -0.468. The zero-order chi connectivity index (χ0) is 22.3. The molecule has 0 atom stereocenters. The Morgan fingerprint density at radius 3 is 2.65 bits per heavy atom. The normalized spacial score (nSPS) is 11.6. The van der Waals surface area contributed by atoms with E-state index in [4.69, 9.17) is 16.7 Å². The minimum absolute atomic E-state index is 0.0174. The monoisotopic (exact) mass is 453 g/mol. The van der Waals surface area contributed by atoms with Crippen LogP contribution in [0.2, 0.25) is 5.15 Å². The van der Waals surface area contributed by atoms with E-state index >= 15 is 0 Å². The molecule has 1 aromatic carbocycles. The Kier molecular flexibility index (Phi) is 5.46. The molecule has 0 unspecified atom stereocenters. The highest BCUT2D eigenvalue weighted by atomic mass is 35.5. The Labute approximate surface area is 176 Å². The molecule has 4 rings (SSSR count). The van der Waals surface area contributed by atoms with Crippen molar-refractivity contribution in [3.05, 3.63) is 80.2 Å². The van der Waals surface area contributed by atoms with E-state index in [1.807, 2.05) is 0 Å². The van der Waals surface area contributed by atoms with Gasteiger partial charge < -0.3 is 10.1 Å². The van der Waals surface area contributed by atoms with Crippen molar-refractivity contribution in [2.24, 2.45) is 0 Å². The van der Waals surface area contributed by atoms with Crippen LogP contribution in [0.25, 0.3) is 17.2 Å². The van der Waals surface area contributed by atoms with E-state index in [0.29, 0.717) is 5.56 Å². The summed E-state index contributed by atoms with van der Waals surface area (Å²) in [5, 5.41) is 8.40. The van der Waals surface area contributed by atoms with Crippen LogP contribution in [0.3, 0.4) is 0 Å². The van der Waals surface area contributed by atoms with Gasteiger partial charge in [-0.25, -0.2) is 28.1 Å². The van der Waals surface area contributed by atoms with Gasteiger partial charge in [0.1, 0.15) is 22.2 Å². The zero-order valence-corrected chi connectivity index (χ0v) is 16.2. The molecule has 3 heterocycles. The maximum atomic E-state index is 14.2. The highest BCUT2D eigenvalue weighted by Crippen LogP contribution is 2.25. The highest BCUT2D eigenvalue weighted by Gasteiger charge is 2.21. The van der Waals surface area contributed by atoms with Crippen LogP contribution in [-0.2, 0) is 13.0 Å². The number of nitrogens with one attached hydrogen (secondary N) is 1. The number of imidazole rings is 1. The van der Waals surface area contributed by atoms with Crippen molar-refractivity contribution >= 4 is 17.2 Å². The molecule has 160 valence electrons. The molecule has 4 aromatic rings. The van der Waals surface area contributed by atoms with Crippen molar-refractivity contribution in [3.63, 3.8) is 0 Å². The van der Waals surface area contributed by atoms with Crippen molar-refractivity contribution in [1.82, 2.24) is 24.3 Å². The summed E-state index contributed by atoms with van der Waals surface area (Å²) in [6, 6.07) is 4.16. The summed E-state index contributed by atoms with van der Waals surface area (Å²) in [5.74, 6) is -1.63. The second kappa shape index (κ2) is 8.08. The number of rotatable bonds is 5. The molecule has 0 aliphatic rings. The number of alkyl halides is 2. The van der Waals surface area contributed by atoms with Crippen LogP contribution in [0.1, 0.15) is 28.8 Å². The lowest BCUT2D eigenvalue weighted by Crippen LogP contribution is -2.17. The van der Waals surface area contributed by atoms with E-state index in [1.165, 1.54) is 18.3 Å². The number of hydrogen-bond donors (Lipinski definition) is 2. The molecule has 0 fully saturated rings. The largest absolute Gasteiger partial charge is 0.392 e. The van der Waals surface area contributed by atoms with Crippen LogP contribution >= 0.6 is 11.6 Å². The van der Waals surface area contributed by atoms with E-state index < -0.39 is 41.1 Å². The SMILES string of the molecule is O=c1[nH]c(-c2cn3c(F)cnc3c(Cc3ccc(CO)c(F)c3)n2)nc(Cl)c1C(F)F. The van der Waals surface area contributed by atoms with Gasteiger partial charge >= 0.3 is 0 Å². The number of hydrogen-bond acceptors (Lipinski definition) is 5. The fourth-order valence-corrected chi connectivity index (χ4v) is 3.30. The molecule has 2 N–H and O–H groups in total. The van der Waals surface area contributed by atoms with Gasteiger partial charge in [0.25, 0.3) is 12.0 Å². The molecule has 0 amide bonds. The highest BCUT2D eigenvalue weighted by molar-refractivity contribution is 6.30. The lowest BCUT2D eigenvalue weighted by atomic mass is 10.1. The molecule has 0 saturated heterocycles. The minimum Gasteiger partial charge on any atom is -0.392 e. The Bertz CT molecular complexity index is 1360. The van der Waals surface area contributed by atoms with E-state index in [0.717, 1.165) is 10.6 Å². The molecule has 31 heavy (non-hydrogen) atoms. The van der Waals surface area contributed by atoms with Gasteiger partial charge in [0.05, 0.1) is 18.5 Å². The number of nitrogens with zero attached hydrogens (tertiary/aromatic N) is 4. The van der Waals surface area contributed by atoms with E-state index in [2.05, 4.69) is 19.9 Å². The van der Waals surface area contributed by atoms with Crippen molar-refractivity contribution in [3.8, 4) is 11.5 Å². The Morgan fingerprint density at radius 2 is 2.00 bits per heavy atom. The van der Waals surface area contributed by atoms with Gasteiger partial charge in [-0.2, -0.15) is 4.39 Å². The summed E-state index contributed by atoms with van der Waals surface area (Å²) >= 11 is 5.73. The maximum absolute atomic E-state index is 14.2. The average Bonchev–Trinajstić information content (AvgIpc) is 3.08. The van der Waals surface area contributed by atoms with Gasteiger partial charge in [-0.3, -0.25) is 9.20 Å². The first-order chi connectivity index (χ1) is 14.8. The number of aromatic amines is 1. The molecule has 3 aromatic heterocycles. The summed E-state index contributed by atoms with van der Waals surface area (Å²) in [6.07, 6.45) is -0.994. The number of halogens is 5. The molecule has 0 spiro atoms. The quantitative estimate of drug-likeness (QED) is 0.356. The van der Waals surface area contributed by atoms with Gasteiger partial charge in [-0.1, -0.05) is 23.7 Å². The van der Waals surface area contributed by atoms with Crippen LogP contribution < -0.4 is 5.56 Å². The Balaban J connectivity index is 1.85. The van der Waals surface area contributed by atoms with Gasteiger partial charge in [-0.15, -0.1) is 0 Å². The average molecular weight is 454 g/mol. The standard InChI is InChI=1S/C19H12ClF4N5O2/c20-15-14(16(23)24)19(31)28-17(27-15)12-6-29-13(22)5-25-18(29)11(26-12)4-8-1-2-9(7-30)10(21)3-8/h1-3,5-6,16,30H,4,7H2,(H,27,28,31).